The Balaban J connectivity index is 1.96. The summed E-state index contributed by atoms with van der Waals surface area (Å²) in [6, 6.07) is 0.0729. The largest absolute Gasteiger partial charge is 0.341 e. The summed E-state index contributed by atoms with van der Waals surface area (Å²) in [5.41, 5.74) is 0.395. The zero-order valence-electron chi connectivity index (χ0n) is 8.10. The van der Waals surface area contributed by atoms with Gasteiger partial charge in [-0.25, -0.2) is 4.79 Å². The molecule has 0 aromatic rings. The first-order chi connectivity index (χ1) is 6.26. The van der Waals surface area contributed by atoms with Crippen molar-refractivity contribution >= 4 is 6.03 Å². The van der Waals surface area contributed by atoms with Crippen molar-refractivity contribution in [3.63, 3.8) is 0 Å². The Morgan fingerprint density at radius 2 is 2.38 bits per heavy atom. The van der Waals surface area contributed by atoms with E-state index in [0.717, 1.165) is 32.6 Å². The summed E-state index contributed by atoms with van der Waals surface area (Å²) in [7, 11) is 1.69. The Hall–Kier alpha value is -0.770. The summed E-state index contributed by atoms with van der Waals surface area (Å²) in [5, 5.41) is 6.05. The minimum atomic E-state index is 0.0729. The number of hydrogen-bond donors (Lipinski definition) is 2. The SMILES string of the molecule is CNC(=O)N1CCC2(CCNC2)C1. The van der Waals surface area contributed by atoms with Gasteiger partial charge in [-0.05, 0) is 19.4 Å². The normalized spacial score (nSPS) is 32.8. The molecule has 74 valence electrons. The molecule has 1 spiro atoms. The molecule has 1 unspecified atom stereocenters. The molecule has 0 aromatic heterocycles. The molecule has 0 radical (unpaired) electrons. The van der Waals surface area contributed by atoms with Crippen LogP contribution in [0, 0.1) is 5.41 Å². The molecule has 2 aliphatic heterocycles. The highest BCUT2D eigenvalue weighted by Crippen LogP contribution is 2.35. The van der Waals surface area contributed by atoms with Crippen LogP contribution >= 0.6 is 0 Å². The van der Waals surface area contributed by atoms with E-state index in [9.17, 15) is 4.79 Å². The molecular weight excluding hydrogens is 166 g/mol. The third kappa shape index (κ3) is 1.50. The molecule has 2 saturated heterocycles. The Morgan fingerprint density at radius 1 is 1.54 bits per heavy atom. The van der Waals surface area contributed by atoms with E-state index >= 15 is 0 Å². The third-order valence-corrected chi connectivity index (χ3v) is 3.27. The van der Waals surface area contributed by atoms with E-state index in [4.69, 9.17) is 0 Å². The number of hydrogen-bond acceptors (Lipinski definition) is 2. The lowest BCUT2D eigenvalue weighted by atomic mass is 9.87. The van der Waals surface area contributed by atoms with Gasteiger partial charge in [-0.2, -0.15) is 0 Å². The van der Waals surface area contributed by atoms with Gasteiger partial charge in [-0.1, -0.05) is 0 Å². The quantitative estimate of drug-likeness (QED) is 0.555. The molecule has 4 nitrogen and oxygen atoms in total. The number of nitrogens with one attached hydrogen (secondary N) is 2. The zero-order chi connectivity index (χ0) is 9.31. The van der Waals surface area contributed by atoms with Crippen LogP contribution in [0.15, 0.2) is 0 Å². The van der Waals surface area contributed by atoms with Gasteiger partial charge < -0.3 is 15.5 Å². The van der Waals surface area contributed by atoms with E-state index < -0.39 is 0 Å². The smallest absolute Gasteiger partial charge is 0.317 e. The molecule has 4 heteroatoms. The van der Waals surface area contributed by atoms with Crippen LogP contribution in [0.2, 0.25) is 0 Å². The Morgan fingerprint density at radius 3 is 3.00 bits per heavy atom. The van der Waals surface area contributed by atoms with Gasteiger partial charge in [0, 0.05) is 32.1 Å². The second kappa shape index (κ2) is 3.18. The van der Waals surface area contributed by atoms with Crippen molar-refractivity contribution < 1.29 is 4.79 Å². The van der Waals surface area contributed by atoms with Gasteiger partial charge in [-0.15, -0.1) is 0 Å². The Bertz CT molecular complexity index is 211. The van der Waals surface area contributed by atoms with E-state index in [1.807, 2.05) is 4.90 Å². The molecule has 2 rings (SSSR count). The summed E-state index contributed by atoms with van der Waals surface area (Å²) < 4.78 is 0. The van der Waals surface area contributed by atoms with Crippen LogP contribution in [0.3, 0.4) is 0 Å². The maximum absolute atomic E-state index is 11.3. The molecule has 2 heterocycles. The minimum absolute atomic E-state index is 0.0729. The third-order valence-electron chi connectivity index (χ3n) is 3.27. The monoisotopic (exact) mass is 183 g/mol. The van der Waals surface area contributed by atoms with E-state index in [2.05, 4.69) is 10.6 Å². The fourth-order valence-corrected chi connectivity index (χ4v) is 2.41. The van der Waals surface area contributed by atoms with Gasteiger partial charge in [0.2, 0.25) is 0 Å². The number of rotatable bonds is 0. The molecule has 2 aliphatic rings. The fraction of sp³-hybridized carbons (Fsp3) is 0.889. The van der Waals surface area contributed by atoms with Crippen LogP contribution in [-0.4, -0.2) is 44.2 Å². The van der Waals surface area contributed by atoms with E-state index in [0.29, 0.717) is 5.41 Å². The van der Waals surface area contributed by atoms with Crippen LogP contribution in [-0.2, 0) is 0 Å². The summed E-state index contributed by atoms with van der Waals surface area (Å²) in [4.78, 5) is 13.3. The van der Waals surface area contributed by atoms with Gasteiger partial charge in [0.25, 0.3) is 0 Å². The topological polar surface area (TPSA) is 44.4 Å². The molecule has 0 saturated carbocycles. The molecular formula is C9H17N3O. The number of urea groups is 1. The van der Waals surface area contributed by atoms with Gasteiger partial charge >= 0.3 is 6.03 Å². The van der Waals surface area contributed by atoms with Crippen molar-refractivity contribution in [1.82, 2.24) is 15.5 Å². The number of carbonyl (C=O) groups excluding carboxylic acids is 1. The van der Waals surface area contributed by atoms with Crippen molar-refractivity contribution in [3.8, 4) is 0 Å². The Kier molecular flexibility index (Phi) is 2.15. The van der Waals surface area contributed by atoms with Crippen LogP contribution in [0.25, 0.3) is 0 Å². The molecule has 1 atom stereocenters. The van der Waals surface area contributed by atoms with E-state index in [1.165, 1.54) is 6.42 Å². The molecule has 2 amide bonds. The van der Waals surface area contributed by atoms with Gasteiger partial charge in [0.05, 0.1) is 0 Å². The zero-order valence-corrected chi connectivity index (χ0v) is 8.10. The van der Waals surface area contributed by atoms with Crippen LogP contribution in [0.4, 0.5) is 4.79 Å². The number of amides is 2. The van der Waals surface area contributed by atoms with E-state index in [-0.39, 0.29) is 6.03 Å². The highest BCUT2D eigenvalue weighted by atomic mass is 16.2. The first kappa shape index (κ1) is 8.81. The molecule has 0 aliphatic carbocycles. The summed E-state index contributed by atoms with van der Waals surface area (Å²) in [6.45, 7) is 4.04. The first-order valence-electron chi connectivity index (χ1n) is 4.93. The van der Waals surface area contributed by atoms with Gasteiger partial charge in [-0.3, -0.25) is 0 Å². The van der Waals surface area contributed by atoms with Gasteiger partial charge in [0.1, 0.15) is 0 Å². The number of nitrogens with zero attached hydrogens (tertiary/aromatic N) is 1. The predicted octanol–water partition coefficient (Wildman–Crippen LogP) is 0.0112. The standard InChI is InChI=1S/C9H17N3O/c1-10-8(13)12-5-3-9(7-12)2-4-11-6-9/h11H,2-7H2,1H3,(H,10,13). The highest BCUT2D eigenvalue weighted by Gasteiger charge is 2.41. The second-order valence-corrected chi connectivity index (χ2v) is 4.15. The van der Waals surface area contributed by atoms with Crippen LogP contribution in [0.1, 0.15) is 12.8 Å². The lowest BCUT2D eigenvalue weighted by Gasteiger charge is -2.22. The molecule has 2 N–H and O–H groups in total. The summed E-state index contributed by atoms with van der Waals surface area (Å²) >= 11 is 0. The average Bonchev–Trinajstić information content (AvgIpc) is 2.76. The molecule has 2 fully saturated rings. The van der Waals surface area contributed by atoms with Crippen molar-refractivity contribution in [2.45, 2.75) is 12.8 Å². The number of carbonyl (C=O) groups is 1. The highest BCUT2D eigenvalue weighted by molar-refractivity contribution is 5.74. The summed E-state index contributed by atoms with van der Waals surface area (Å²) in [5.74, 6) is 0. The van der Waals surface area contributed by atoms with Crippen molar-refractivity contribution in [3.05, 3.63) is 0 Å². The van der Waals surface area contributed by atoms with Crippen LogP contribution in [0.5, 0.6) is 0 Å². The fourth-order valence-electron chi connectivity index (χ4n) is 2.41. The van der Waals surface area contributed by atoms with E-state index in [1.54, 1.807) is 7.05 Å². The molecule has 0 aromatic carbocycles. The van der Waals surface area contributed by atoms with Crippen molar-refractivity contribution in [2.24, 2.45) is 5.41 Å². The van der Waals surface area contributed by atoms with Crippen LogP contribution < -0.4 is 10.6 Å². The maximum atomic E-state index is 11.3. The summed E-state index contributed by atoms with van der Waals surface area (Å²) in [6.07, 6.45) is 2.38. The van der Waals surface area contributed by atoms with Gasteiger partial charge in [0.15, 0.2) is 0 Å². The number of likely N-dealkylation sites (tertiary alicyclic amines) is 1. The Labute approximate surface area is 78.7 Å². The molecule has 0 bridgehead atoms. The lowest BCUT2D eigenvalue weighted by Crippen LogP contribution is -2.38. The minimum Gasteiger partial charge on any atom is -0.341 e. The first-order valence-corrected chi connectivity index (χ1v) is 4.93. The average molecular weight is 183 g/mol. The van der Waals surface area contributed by atoms with Crippen molar-refractivity contribution in [1.29, 1.82) is 0 Å². The maximum Gasteiger partial charge on any atom is 0.317 e. The second-order valence-electron chi connectivity index (χ2n) is 4.15. The lowest BCUT2D eigenvalue weighted by molar-refractivity contribution is 0.204. The van der Waals surface area contributed by atoms with Crippen molar-refractivity contribution in [2.75, 3.05) is 33.2 Å². The molecule has 13 heavy (non-hydrogen) atoms. The predicted molar refractivity (Wildman–Crippen MR) is 50.6 cm³/mol.